The Morgan fingerprint density at radius 1 is 1.05 bits per heavy atom. The number of halogens is 1. The number of carbonyl (C=O) groups excluding carboxylic acids is 1. The van der Waals surface area contributed by atoms with Crippen molar-refractivity contribution in [3.8, 4) is 0 Å². The van der Waals surface area contributed by atoms with Gasteiger partial charge in [0.15, 0.2) is 0 Å². The van der Waals surface area contributed by atoms with Crippen LogP contribution in [-0.2, 0) is 16.0 Å². The third kappa shape index (κ3) is 3.85. The molecule has 0 amide bonds. The predicted molar refractivity (Wildman–Crippen MR) is 78.4 cm³/mol. The third-order valence-electron chi connectivity index (χ3n) is 2.60. The maximum atomic E-state index is 11.3. The quantitative estimate of drug-likeness (QED) is 0.856. The number of aliphatic carboxylic acids is 1. The van der Waals surface area contributed by atoms with Crippen LogP contribution in [0.5, 0.6) is 0 Å². The summed E-state index contributed by atoms with van der Waals surface area (Å²) in [5, 5.41) is 9.34. The Kier molecular flexibility index (Phi) is 4.82. The van der Waals surface area contributed by atoms with Crippen molar-refractivity contribution < 1.29 is 14.7 Å². The highest BCUT2D eigenvalue weighted by Crippen LogP contribution is 2.31. The molecular weight excluding hydrogens is 296 g/mol. The fourth-order valence-corrected chi connectivity index (χ4v) is 2.70. The summed E-state index contributed by atoms with van der Waals surface area (Å²) in [5.74, 6) is -2.22. The lowest BCUT2D eigenvalue weighted by atomic mass is 10.1. The van der Waals surface area contributed by atoms with Gasteiger partial charge in [-0.25, -0.2) is 4.79 Å². The number of ketones is 1. The van der Waals surface area contributed by atoms with Crippen molar-refractivity contribution in [3.63, 3.8) is 0 Å². The summed E-state index contributed by atoms with van der Waals surface area (Å²) in [4.78, 5) is 23.8. The van der Waals surface area contributed by atoms with Crippen molar-refractivity contribution in [3.05, 3.63) is 59.1 Å². The minimum Gasteiger partial charge on any atom is -0.475 e. The summed E-state index contributed by atoms with van der Waals surface area (Å²) in [6.07, 6.45) is -0.105. The van der Waals surface area contributed by atoms with Gasteiger partial charge in [0.2, 0.25) is 5.78 Å². The lowest BCUT2D eigenvalue weighted by Crippen LogP contribution is -2.15. The minimum atomic E-state index is -1.41. The van der Waals surface area contributed by atoms with Crippen molar-refractivity contribution in [2.75, 3.05) is 0 Å². The van der Waals surface area contributed by atoms with Gasteiger partial charge in [-0.15, -0.1) is 0 Å². The first kappa shape index (κ1) is 14.6. The number of carboxylic acids is 1. The van der Waals surface area contributed by atoms with Gasteiger partial charge in [0.25, 0.3) is 0 Å². The van der Waals surface area contributed by atoms with E-state index in [2.05, 4.69) is 0 Å². The molecule has 0 aliphatic carbocycles. The Labute approximate surface area is 125 Å². The highest BCUT2D eigenvalue weighted by molar-refractivity contribution is 7.99. The molecule has 0 saturated heterocycles. The second-order valence-corrected chi connectivity index (χ2v) is 5.62. The molecule has 0 bridgehead atoms. The summed E-state index contributed by atoms with van der Waals surface area (Å²) < 4.78 is 0. The molecule has 0 heterocycles. The molecule has 20 heavy (non-hydrogen) atoms. The predicted octanol–water partition coefficient (Wildman–Crippen LogP) is 3.69. The van der Waals surface area contributed by atoms with Gasteiger partial charge in [0, 0.05) is 21.2 Å². The van der Waals surface area contributed by atoms with E-state index in [0.717, 1.165) is 9.79 Å². The number of hydrogen-bond acceptors (Lipinski definition) is 3. The van der Waals surface area contributed by atoms with Gasteiger partial charge < -0.3 is 5.11 Å². The van der Waals surface area contributed by atoms with Gasteiger partial charge in [-0.2, -0.15) is 0 Å². The number of carboxylic acid groups (broad SMARTS) is 1. The molecule has 0 aromatic heterocycles. The van der Waals surface area contributed by atoms with E-state index in [1.54, 1.807) is 24.3 Å². The molecule has 1 N–H and O–H groups in total. The minimum absolute atomic E-state index is 0.105. The first-order valence-corrected chi connectivity index (χ1v) is 7.03. The number of rotatable bonds is 5. The Bertz CT molecular complexity index is 638. The molecule has 0 radical (unpaired) electrons. The number of Topliss-reactive ketones (excluding diaryl/α,β-unsaturated/α-hetero) is 1. The molecule has 0 unspecified atom stereocenters. The van der Waals surface area contributed by atoms with Crippen LogP contribution in [0.1, 0.15) is 5.56 Å². The lowest BCUT2D eigenvalue weighted by molar-refractivity contribution is -0.148. The molecule has 3 nitrogen and oxygen atoms in total. The van der Waals surface area contributed by atoms with E-state index in [9.17, 15) is 9.59 Å². The molecule has 2 aromatic rings. The molecule has 0 aliphatic heterocycles. The first-order chi connectivity index (χ1) is 9.56. The van der Waals surface area contributed by atoms with E-state index in [1.165, 1.54) is 11.8 Å². The highest BCUT2D eigenvalue weighted by atomic mass is 35.5. The third-order valence-corrected chi connectivity index (χ3v) is 3.98. The van der Waals surface area contributed by atoms with E-state index in [0.29, 0.717) is 10.6 Å². The Morgan fingerprint density at radius 3 is 2.35 bits per heavy atom. The standard InChI is InChI=1S/C15H11ClO3S/c16-11-5-7-12(8-6-11)20-14-4-2-1-3-10(14)9-13(17)15(18)19/h1-8H,9H2,(H,18,19). The fraction of sp³-hybridized carbons (Fsp3) is 0.0667. The first-order valence-electron chi connectivity index (χ1n) is 5.83. The van der Waals surface area contributed by atoms with E-state index in [-0.39, 0.29) is 6.42 Å². The van der Waals surface area contributed by atoms with E-state index in [4.69, 9.17) is 16.7 Å². The highest BCUT2D eigenvalue weighted by Gasteiger charge is 2.14. The fourth-order valence-electron chi connectivity index (χ4n) is 1.63. The van der Waals surface area contributed by atoms with Crippen LogP contribution >= 0.6 is 23.4 Å². The summed E-state index contributed by atoms with van der Waals surface area (Å²) >= 11 is 7.30. The molecule has 0 atom stereocenters. The summed E-state index contributed by atoms with van der Waals surface area (Å²) in [7, 11) is 0. The molecule has 102 valence electrons. The zero-order valence-corrected chi connectivity index (χ0v) is 11.9. The molecule has 0 saturated carbocycles. The topological polar surface area (TPSA) is 54.4 Å². The van der Waals surface area contributed by atoms with E-state index < -0.39 is 11.8 Å². The van der Waals surface area contributed by atoms with Crippen molar-refractivity contribution in [2.45, 2.75) is 16.2 Å². The average Bonchev–Trinajstić information content (AvgIpc) is 2.43. The maximum Gasteiger partial charge on any atom is 0.372 e. The number of hydrogen-bond donors (Lipinski definition) is 1. The molecule has 0 spiro atoms. The van der Waals surface area contributed by atoms with Crippen LogP contribution < -0.4 is 0 Å². The number of carbonyl (C=O) groups is 2. The monoisotopic (exact) mass is 306 g/mol. The van der Waals surface area contributed by atoms with Gasteiger partial charge in [0.1, 0.15) is 0 Å². The second-order valence-electron chi connectivity index (χ2n) is 4.07. The molecular formula is C15H11ClO3S. The van der Waals surface area contributed by atoms with Crippen LogP contribution in [0.2, 0.25) is 5.02 Å². The van der Waals surface area contributed by atoms with Crippen LogP contribution in [-0.4, -0.2) is 16.9 Å². The SMILES string of the molecule is O=C(O)C(=O)Cc1ccccc1Sc1ccc(Cl)cc1. The van der Waals surface area contributed by atoms with E-state index >= 15 is 0 Å². The average molecular weight is 307 g/mol. The van der Waals surface area contributed by atoms with Crippen molar-refractivity contribution >= 4 is 35.1 Å². The van der Waals surface area contributed by atoms with Crippen molar-refractivity contribution in [1.29, 1.82) is 0 Å². The van der Waals surface area contributed by atoms with E-state index in [1.807, 2.05) is 24.3 Å². The van der Waals surface area contributed by atoms with Crippen LogP contribution in [0.4, 0.5) is 0 Å². The zero-order chi connectivity index (χ0) is 14.5. The Balaban J connectivity index is 2.21. The largest absolute Gasteiger partial charge is 0.475 e. The van der Waals surface area contributed by atoms with Gasteiger partial charge >= 0.3 is 5.97 Å². The lowest BCUT2D eigenvalue weighted by Gasteiger charge is -2.07. The van der Waals surface area contributed by atoms with Gasteiger partial charge in [-0.1, -0.05) is 41.6 Å². The van der Waals surface area contributed by atoms with Crippen LogP contribution in [0.25, 0.3) is 0 Å². The van der Waals surface area contributed by atoms with Crippen LogP contribution in [0.3, 0.4) is 0 Å². The maximum absolute atomic E-state index is 11.3. The van der Waals surface area contributed by atoms with Crippen LogP contribution in [0.15, 0.2) is 58.3 Å². The molecule has 0 fully saturated rings. The zero-order valence-electron chi connectivity index (χ0n) is 10.4. The smallest absolute Gasteiger partial charge is 0.372 e. The Morgan fingerprint density at radius 2 is 1.70 bits per heavy atom. The van der Waals surface area contributed by atoms with Crippen LogP contribution in [0, 0.1) is 0 Å². The molecule has 2 rings (SSSR count). The molecule has 2 aromatic carbocycles. The molecule has 0 aliphatic rings. The number of benzene rings is 2. The van der Waals surface area contributed by atoms with Gasteiger partial charge in [-0.3, -0.25) is 4.79 Å². The summed E-state index contributed by atoms with van der Waals surface area (Å²) in [6.45, 7) is 0. The van der Waals surface area contributed by atoms with Gasteiger partial charge in [0.05, 0.1) is 0 Å². The van der Waals surface area contributed by atoms with Gasteiger partial charge in [-0.05, 0) is 35.9 Å². The Hall–Kier alpha value is -1.78. The second kappa shape index (κ2) is 6.59. The van der Waals surface area contributed by atoms with Crippen molar-refractivity contribution in [2.24, 2.45) is 0 Å². The van der Waals surface area contributed by atoms with Crippen molar-refractivity contribution in [1.82, 2.24) is 0 Å². The normalized spacial score (nSPS) is 10.2. The molecule has 5 heteroatoms. The summed E-state index contributed by atoms with van der Waals surface area (Å²) in [5.41, 5.74) is 0.708. The summed E-state index contributed by atoms with van der Waals surface area (Å²) in [6, 6.07) is 14.6.